The largest absolute Gasteiger partial charge is 0.383 e. The van der Waals surface area contributed by atoms with E-state index >= 15 is 0 Å². The lowest BCUT2D eigenvalue weighted by Gasteiger charge is -2.10. The number of rotatable bonds is 7. The summed E-state index contributed by atoms with van der Waals surface area (Å²) in [7, 11) is 1.70. The third-order valence-corrected chi connectivity index (χ3v) is 4.26. The summed E-state index contributed by atoms with van der Waals surface area (Å²) >= 11 is 7.75. The molecule has 0 aliphatic carbocycles. The van der Waals surface area contributed by atoms with Crippen molar-refractivity contribution < 1.29 is 4.74 Å². The second kappa shape index (κ2) is 8.27. The second-order valence-electron chi connectivity index (χ2n) is 4.17. The van der Waals surface area contributed by atoms with E-state index in [4.69, 9.17) is 16.3 Å². The molecule has 1 heterocycles. The Kier molecular flexibility index (Phi) is 6.33. The van der Waals surface area contributed by atoms with E-state index in [0.29, 0.717) is 11.6 Å². The molecule has 0 radical (unpaired) electrons. The van der Waals surface area contributed by atoms with E-state index in [1.807, 2.05) is 24.3 Å². The van der Waals surface area contributed by atoms with Crippen molar-refractivity contribution in [1.29, 1.82) is 0 Å². The predicted octanol–water partition coefficient (Wildman–Crippen LogP) is 3.62. The van der Waals surface area contributed by atoms with Crippen molar-refractivity contribution in [2.24, 2.45) is 0 Å². The summed E-state index contributed by atoms with van der Waals surface area (Å²) < 4.78 is 5.03. The van der Waals surface area contributed by atoms with Crippen molar-refractivity contribution in [2.75, 3.05) is 20.3 Å². The molecule has 1 aromatic carbocycles. The topological polar surface area (TPSA) is 34.1 Å². The molecular weight excluding hydrogens is 292 g/mol. The first-order valence-electron chi connectivity index (χ1n) is 6.37. The standard InChI is InChI=1S/C15H17ClN2OS/c1-19-10-9-17-11-12-5-2-3-7-14(12)20-15-13(16)6-4-8-18-15/h2-8,17H,9-11H2,1H3. The Hall–Kier alpha value is -1.07. The Balaban J connectivity index is 2.06. The third kappa shape index (κ3) is 4.49. The Labute approximate surface area is 128 Å². The highest BCUT2D eigenvalue weighted by Crippen LogP contribution is 2.33. The Morgan fingerprint density at radius 1 is 1.25 bits per heavy atom. The van der Waals surface area contributed by atoms with Crippen LogP contribution in [0.3, 0.4) is 0 Å². The van der Waals surface area contributed by atoms with E-state index in [0.717, 1.165) is 23.0 Å². The number of ether oxygens (including phenoxy) is 1. The quantitative estimate of drug-likeness (QED) is 0.792. The molecule has 0 saturated carbocycles. The highest BCUT2D eigenvalue weighted by molar-refractivity contribution is 7.99. The van der Waals surface area contributed by atoms with Gasteiger partial charge in [-0.3, -0.25) is 0 Å². The third-order valence-electron chi connectivity index (χ3n) is 2.70. The summed E-state index contributed by atoms with van der Waals surface area (Å²) in [5, 5.41) is 4.86. The maximum Gasteiger partial charge on any atom is 0.119 e. The number of aromatic nitrogens is 1. The molecule has 2 aromatic rings. The minimum Gasteiger partial charge on any atom is -0.383 e. The minimum absolute atomic E-state index is 0.680. The minimum atomic E-state index is 0.680. The molecular formula is C15H17ClN2OS. The summed E-state index contributed by atoms with van der Waals surface area (Å²) in [6.07, 6.45) is 1.76. The molecule has 0 unspecified atom stereocenters. The van der Waals surface area contributed by atoms with Gasteiger partial charge < -0.3 is 10.1 Å². The number of pyridine rings is 1. The van der Waals surface area contributed by atoms with Gasteiger partial charge in [0.25, 0.3) is 0 Å². The van der Waals surface area contributed by atoms with Gasteiger partial charge in [0.15, 0.2) is 0 Å². The van der Waals surface area contributed by atoms with Crippen LogP contribution in [0.25, 0.3) is 0 Å². The SMILES string of the molecule is COCCNCc1ccccc1Sc1ncccc1Cl. The average Bonchev–Trinajstić information content (AvgIpc) is 2.47. The van der Waals surface area contributed by atoms with Crippen molar-refractivity contribution >= 4 is 23.4 Å². The number of nitrogens with zero attached hydrogens (tertiary/aromatic N) is 1. The molecule has 0 aliphatic heterocycles. The highest BCUT2D eigenvalue weighted by Gasteiger charge is 2.07. The number of hydrogen-bond acceptors (Lipinski definition) is 4. The zero-order valence-corrected chi connectivity index (χ0v) is 12.9. The lowest BCUT2D eigenvalue weighted by atomic mass is 10.2. The van der Waals surface area contributed by atoms with Crippen molar-refractivity contribution in [3.8, 4) is 0 Å². The molecule has 0 aliphatic rings. The van der Waals surface area contributed by atoms with Crippen LogP contribution in [0, 0.1) is 0 Å². The molecule has 0 spiro atoms. The van der Waals surface area contributed by atoms with Gasteiger partial charge in [-0.15, -0.1) is 0 Å². The molecule has 0 saturated heterocycles. The van der Waals surface area contributed by atoms with E-state index in [-0.39, 0.29) is 0 Å². The summed E-state index contributed by atoms with van der Waals surface area (Å²) in [6.45, 7) is 2.35. The van der Waals surface area contributed by atoms with Crippen LogP contribution in [0.1, 0.15) is 5.56 Å². The zero-order chi connectivity index (χ0) is 14.2. The Morgan fingerprint density at radius 3 is 2.90 bits per heavy atom. The van der Waals surface area contributed by atoms with Gasteiger partial charge in [-0.2, -0.15) is 0 Å². The number of nitrogens with one attached hydrogen (secondary N) is 1. The maximum absolute atomic E-state index is 6.16. The lowest BCUT2D eigenvalue weighted by molar-refractivity contribution is 0.199. The van der Waals surface area contributed by atoms with Crippen molar-refractivity contribution in [2.45, 2.75) is 16.5 Å². The van der Waals surface area contributed by atoms with Crippen molar-refractivity contribution in [3.05, 3.63) is 53.2 Å². The van der Waals surface area contributed by atoms with Gasteiger partial charge >= 0.3 is 0 Å². The molecule has 2 rings (SSSR count). The first kappa shape index (κ1) is 15.3. The fraction of sp³-hybridized carbons (Fsp3) is 0.267. The van der Waals surface area contributed by atoms with Crippen molar-refractivity contribution in [1.82, 2.24) is 10.3 Å². The van der Waals surface area contributed by atoms with E-state index in [2.05, 4.69) is 22.4 Å². The highest BCUT2D eigenvalue weighted by atomic mass is 35.5. The fourth-order valence-corrected chi connectivity index (χ4v) is 2.84. The van der Waals surface area contributed by atoms with Crippen LogP contribution in [0.2, 0.25) is 5.02 Å². The molecule has 3 nitrogen and oxygen atoms in total. The summed E-state index contributed by atoms with van der Waals surface area (Å²) in [5.41, 5.74) is 1.23. The van der Waals surface area contributed by atoms with Crippen LogP contribution in [0.4, 0.5) is 0 Å². The van der Waals surface area contributed by atoms with E-state index in [1.165, 1.54) is 5.56 Å². The first-order valence-corrected chi connectivity index (χ1v) is 7.56. The molecule has 1 aromatic heterocycles. The molecule has 0 amide bonds. The van der Waals surface area contributed by atoms with Gasteiger partial charge in [0.1, 0.15) is 5.03 Å². The number of halogens is 1. The molecule has 20 heavy (non-hydrogen) atoms. The lowest BCUT2D eigenvalue weighted by Crippen LogP contribution is -2.18. The van der Waals surface area contributed by atoms with Crippen LogP contribution in [-0.4, -0.2) is 25.2 Å². The van der Waals surface area contributed by atoms with E-state index in [9.17, 15) is 0 Å². The van der Waals surface area contributed by atoms with Crippen LogP contribution in [-0.2, 0) is 11.3 Å². The molecule has 0 bridgehead atoms. The molecule has 0 fully saturated rings. The van der Waals surface area contributed by atoms with Crippen molar-refractivity contribution in [3.63, 3.8) is 0 Å². The normalized spacial score (nSPS) is 10.7. The molecule has 5 heteroatoms. The predicted molar refractivity (Wildman–Crippen MR) is 83.4 cm³/mol. The molecule has 0 atom stereocenters. The molecule has 106 valence electrons. The van der Waals surface area contributed by atoms with Crippen LogP contribution in [0.15, 0.2) is 52.5 Å². The summed E-state index contributed by atoms with van der Waals surface area (Å²) in [5.74, 6) is 0. The smallest absolute Gasteiger partial charge is 0.119 e. The average molecular weight is 309 g/mol. The van der Waals surface area contributed by atoms with Crippen LogP contribution >= 0.6 is 23.4 Å². The van der Waals surface area contributed by atoms with E-state index in [1.54, 1.807) is 25.1 Å². The Morgan fingerprint density at radius 2 is 2.10 bits per heavy atom. The molecule has 1 N–H and O–H groups in total. The van der Waals surface area contributed by atoms with Gasteiger partial charge in [-0.05, 0) is 23.8 Å². The summed E-state index contributed by atoms with van der Waals surface area (Å²) in [6, 6.07) is 12.0. The number of hydrogen-bond donors (Lipinski definition) is 1. The van der Waals surface area contributed by atoms with E-state index < -0.39 is 0 Å². The summed E-state index contributed by atoms with van der Waals surface area (Å²) in [4.78, 5) is 5.48. The van der Waals surface area contributed by atoms with Crippen LogP contribution in [0.5, 0.6) is 0 Å². The van der Waals surface area contributed by atoms with Gasteiger partial charge in [-0.1, -0.05) is 41.6 Å². The van der Waals surface area contributed by atoms with Gasteiger partial charge in [0.2, 0.25) is 0 Å². The number of benzene rings is 1. The Bertz CT molecular complexity index is 551. The zero-order valence-electron chi connectivity index (χ0n) is 11.3. The van der Waals surface area contributed by atoms with Gasteiger partial charge in [0.05, 0.1) is 11.6 Å². The number of methoxy groups -OCH3 is 1. The van der Waals surface area contributed by atoms with Gasteiger partial charge in [-0.25, -0.2) is 4.98 Å². The second-order valence-corrected chi connectivity index (χ2v) is 5.61. The monoisotopic (exact) mass is 308 g/mol. The maximum atomic E-state index is 6.16. The fourth-order valence-electron chi connectivity index (χ4n) is 1.70. The van der Waals surface area contributed by atoms with Crippen LogP contribution < -0.4 is 5.32 Å². The first-order chi connectivity index (χ1) is 9.81. The van der Waals surface area contributed by atoms with Gasteiger partial charge in [0, 0.05) is 31.3 Å².